The maximum atomic E-state index is 12.2. The number of hydrogen-bond acceptors (Lipinski definition) is 5. The van der Waals surface area contributed by atoms with E-state index in [0.29, 0.717) is 25.4 Å². The van der Waals surface area contributed by atoms with Crippen LogP contribution >= 0.6 is 11.8 Å². The van der Waals surface area contributed by atoms with Gasteiger partial charge in [0.05, 0.1) is 36.6 Å². The highest BCUT2D eigenvalue weighted by atomic mass is 32.2. The van der Waals surface area contributed by atoms with Crippen LogP contribution in [0.2, 0.25) is 0 Å². The molecule has 1 amide bonds. The van der Waals surface area contributed by atoms with Gasteiger partial charge in [0.1, 0.15) is 5.75 Å². The molecule has 2 aromatic rings. The molecule has 1 aliphatic heterocycles. The van der Waals surface area contributed by atoms with Crippen molar-refractivity contribution < 1.29 is 14.3 Å². The number of morpholine rings is 1. The van der Waals surface area contributed by atoms with Crippen LogP contribution in [0.5, 0.6) is 5.75 Å². The lowest BCUT2D eigenvalue weighted by Gasteiger charge is -2.31. The second-order valence-corrected chi connectivity index (χ2v) is 6.20. The number of aromatic nitrogens is 2. The minimum Gasteiger partial charge on any atom is -0.497 e. The molecule has 1 N–H and O–H groups in total. The van der Waals surface area contributed by atoms with E-state index in [1.165, 1.54) is 11.8 Å². The van der Waals surface area contributed by atoms with E-state index in [4.69, 9.17) is 9.47 Å². The van der Waals surface area contributed by atoms with Gasteiger partial charge in [0.15, 0.2) is 5.16 Å². The molecule has 0 spiro atoms. The monoisotopic (exact) mass is 321 g/mol. The van der Waals surface area contributed by atoms with E-state index in [1.54, 1.807) is 7.11 Å². The third-order valence-electron chi connectivity index (χ3n) is 3.59. The quantitative estimate of drug-likeness (QED) is 0.871. The summed E-state index contributed by atoms with van der Waals surface area (Å²) < 4.78 is 10.6. The Morgan fingerprint density at radius 1 is 1.59 bits per heavy atom. The smallest absolute Gasteiger partial charge is 0.233 e. The molecular weight excluding hydrogens is 302 g/mol. The summed E-state index contributed by atoms with van der Waals surface area (Å²) in [6, 6.07) is 5.68. The normalized spacial score (nSPS) is 18.6. The number of imidazole rings is 1. The highest BCUT2D eigenvalue weighted by molar-refractivity contribution is 7.99. The number of carbonyl (C=O) groups is 1. The van der Waals surface area contributed by atoms with Gasteiger partial charge >= 0.3 is 0 Å². The Hall–Kier alpha value is -1.73. The Labute approximate surface area is 133 Å². The molecule has 1 aliphatic rings. The summed E-state index contributed by atoms with van der Waals surface area (Å²) in [6.07, 6.45) is 0.112. The first kappa shape index (κ1) is 15.2. The van der Waals surface area contributed by atoms with Crippen LogP contribution in [0.4, 0.5) is 0 Å². The largest absolute Gasteiger partial charge is 0.497 e. The van der Waals surface area contributed by atoms with E-state index < -0.39 is 0 Å². The zero-order valence-electron chi connectivity index (χ0n) is 12.7. The molecule has 1 aromatic carbocycles. The number of nitrogens with one attached hydrogen (secondary N) is 1. The molecule has 1 fully saturated rings. The standard InChI is InChI=1S/C15H19N3O3S/c1-10-8-18(5-6-21-10)14(19)9-22-15-16-12-4-3-11(20-2)7-13(12)17-15/h3-4,7,10H,5-6,8-9H2,1-2H3,(H,16,17). The van der Waals surface area contributed by atoms with Crippen molar-refractivity contribution in [3.05, 3.63) is 18.2 Å². The van der Waals surface area contributed by atoms with E-state index in [1.807, 2.05) is 30.0 Å². The maximum absolute atomic E-state index is 12.2. The molecule has 0 bridgehead atoms. The molecule has 1 aromatic heterocycles. The molecule has 3 rings (SSSR count). The van der Waals surface area contributed by atoms with Gasteiger partial charge in [0.2, 0.25) is 5.91 Å². The lowest BCUT2D eigenvalue weighted by atomic mass is 10.3. The van der Waals surface area contributed by atoms with Crippen LogP contribution in [0.15, 0.2) is 23.4 Å². The van der Waals surface area contributed by atoms with Gasteiger partial charge in [-0.15, -0.1) is 0 Å². The summed E-state index contributed by atoms with van der Waals surface area (Å²) in [7, 11) is 1.63. The maximum Gasteiger partial charge on any atom is 0.233 e. The van der Waals surface area contributed by atoms with Gasteiger partial charge in [-0.2, -0.15) is 0 Å². The Bertz CT molecular complexity index is 673. The SMILES string of the molecule is COc1ccc2nc(SCC(=O)N3CCOC(C)C3)[nH]c2c1. The third kappa shape index (κ3) is 3.36. The summed E-state index contributed by atoms with van der Waals surface area (Å²) >= 11 is 1.42. The molecule has 118 valence electrons. The van der Waals surface area contributed by atoms with Crippen molar-refractivity contribution in [2.24, 2.45) is 0 Å². The molecule has 6 nitrogen and oxygen atoms in total. The summed E-state index contributed by atoms with van der Waals surface area (Å²) in [4.78, 5) is 21.8. The van der Waals surface area contributed by atoms with Crippen molar-refractivity contribution in [2.45, 2.75) is 18.2 Å². The van der Waals surface area contributed by atoms with Crippen molar-refractivity contribution in [1.29, 1.82) is 0 Å². The fourth-order valence-electron chi connectivity index (χ4n) is 2.43. The average Bonchev–Trinajstić information content (AvgIpc) is 2.94. The van der Waals surface area contributed by atoms with Gasteiger partial charge in [0.25, 0.3) is 0 Å². The van der Waals surface area contributed by atoms with Crippen molar-refractivity contribution in [1.82, 2.24) is 14.9 Å². The molecular formula is C15H19N3O3S. The number of amides is 1. The number of H-pyrrole nitrogens is 1. The number of thioether (sulfide) groups is 1. The Kier molecular flexibility index (Phi) is 4.54. The first-order chi connectivity index (χ1) is 10.7. The van der Waals surface area contributed by atoms with Crippen molar-refractivity contribution >= 4 is 28.7 Å². The number of aromatic amines is 1. The molecule has 22 heavy (non-hydrogen) atoms. The Morgan fingerprint density at radius 2 is 2.45 bits per heavy atom. The highest BCUT2D eigenvalue weighted by Gasteiger charge is 2.21. The van der Waals surface area contributed by atoms with E-state index in [2.05, 4.69) is 9.97 Å². The number of rotatable bonds is 4. The Morgan fingerprint density at radius 3 is 3.23 bits per heavy atom. The second kappa shape index (κ2) is 6.58. The van der Waals surface area contributed by atoms with Crippen LogP contribution < -0.4 is 4.74 Å². The predicted octanol–water partition coefficient (Wildman–Crippen LogP) is 1.91. The number of methoxy groups -OCH3 is 1. The predicted molar refractivity (Wildman–Crippen MR) is 85.4 cm³/mol. The zero-order valence-corrected chi connectivity index (χ0v) is 13.5. The zero-order chi connectivity index (χ0) is 15.5. The summed E-state index contributed by atoms with van der Waals surface area (Å²) in [5.41, 5.74) is 1.78. The Balaban J connectivity index is 1.62. The van der Waals surface area contributed by atoms with Crippen LogP contribution in [0, 0.1) is 0 Å². The van der Waals surface area contributed by atoms with E-state index in [-0.39, 0.29) is 12.0 Å². The molecule has 1 saturated heterocycles. The lowest BCUT2D eigenvalue weighted by Crippen LogP contribution is -2.45. The topological polar surface area (TPSA) is 67.4 Å². The van der Waals surface area contributed by atoms with Gasteiger partial charge in [-0.3, -0.25) is 4.79 Å². The fraction of sp³-hybridized carbons (Fsp3) is 0.467. The number of benzene rings is 1. The van der Waals surface area contributed by atoms with E-state index >= 15 is 0 Å². The van der Waals surface area contributed by atoms with Crippen molar-refractivity contribution in [3.8, 4) is 5.75 Å². The molecule has 2 heterocycles. The van der Waals surface area contributed by atoms with Crippen molar-refractivity contribution in [2.75, 3.05) is 32.6 Å². The van der Waals surface area contributed by atoms with E-state index in [9.17, 15) is 4.79 Å². The van der Waals surface area contributed by atoms with Crippen LogP contribution in [0.3, 0.4) is 0 Å². The van der Waals surface area contributed by atoms with Crippen molar-refractivity contribution in [3.63, 3.8) is 0 Å². The highest BCUT2D eigenvalue weighted by Crippen LogP contribution is 2.23. The minimum atomic E-state index is 0.112. The van der Waals surface area contributed by atoms with E-state index in [0.717, 1.165) is 21.9 Å². The molecule has 1 atom stereocenters. The molecule has 0 radical (unpaired) electrons. The van der Waals surface area contributed by atoms with Gasteiger partial charge in [-0.1, -0.05) is 11.8 Å². The van der Waals surface area contributed by atoms with Crippen LogP contribution in [0.1, 0.15) is 6.92 Å². The molecule has 7 heteroatoms. The van der Waals surface area contributed by atoms with Gasteiger partial charge in [-0.05, 0) is 19.1 Å². The van der Waals surface area contributed by atoms with Crippen LogP contribution in [-0.4, -0.2) is 59.4 Å². The average molecular weight is 321 g/mol. The van der Waals surface area contributed by atoms with Crippen LogP contribution in [0.25, 0.3) is 11.0 Å². The summed E-state index contributed by atoms with van der Waals surface area (Å²) in [5.74, 6) is 1.29. The van der Waals surface area contributed by atoms with Crippen LogP contribution in [-0.2, 0) is 9.53 Å². The minimum absolute atomic E-state index is 0.112. The lowest BCUT2D eigenvalue weighted by molar-refractivity contribution is -0.135. The molecule has 1 unspecified atom stereocenters. The summed E-state index contributed by atoms with van der Waals surface area (Å²) in [5, 5.41) is 0.748. The molecule has 0 saturated carbocycles. The summed E-state index contributed by atoms with van der Waals surface area (Å²) in [6.45, 7) is 3.93. The first-order valence-electron chi connectivity index (χ1n) is 7.21. The third-order valence-corrected chi connectivity index (χ3v) is 4.45. The van der Waals surface area contributed by atoms with Gasteiger partial charge < -0.3 is 19.4 Å². The first-order valence-corrected chi connectivity index (χ1v) is 8.20. The number of carbonyl (C=O) groups excluding carboxylic acids is 1. The number of hydrogen-bond donors (Lipinski definition) is 1. The van der Waals surface area contributed by atoms with Gasteiger partial charge in [-0.25, -0.2) is 4.98 Å². The fourth-order valence-corrected chi connectivity index (χ4v) is 3.21. The second-order valence-electron chi connectivity index (χ2n) is 5.23. The number of nitrogens with zero attached hydrogens (tertiary/aromatic N) is 2. The number of ether oxygens (including phenoxy) is 2. The molecule has 0 aliphatic carbocycles. The number of fused-ring (bicyclic) bond motifs is 1. The van der Waals surface area contributed by atoms with Gasteiger partial charge in [0, 0.05) is 19.2 Å².